The smallest absolute Gasteiger partial charge is 0.387 e. The average molecular weight is 435 g/mol. The molecule has 5 N–H and O–H groups in total. The van der Waals surface area contributed by atoms with E-state index in [2.05, 4.69) is 11.9 Å². The van der Waals surface area contributed by atoms with E-state index in [0.29, 0.717) is 6.42 Å². The molecular formula is C17H30N3O8P. The van der Waals surface area contributed by atoms with E-state index >= 15 is 0 Å². The summed E-state index contributed by atoms with van der Waals surface area (Å²) in [6.07, 6.45) is 1.98. The van der Waals surface area contributed by atoms with E-state index in [4.69, 9.17) is 19.5 Å². The molecule has 0 aliphatic carbocycles. The van der Waals surface area contributed by atoms with Crippen LogP contribution in [0, 0.1) is 0 Å². The largest absolute Gasteiger partial charge is 0.472 e. The summed E-state index contributed by atoms with van der Waals surface area (Å²) in [6, 6.07) is 1.34. The van der Waals surface area contributed by atoms with Crippen LogP contribution in [0.2, 0.25) is 0 Å². The Hall–Kier alpha value is -1.33. The van der Waals surface area contributed by atoms with Crippen LogP contribution in [0.5, 0.6) is 0 Å². The van der Waals surface area contributed by atoms with E-state index in [1.807, 2.05) is 0 Å². The molecule has 0 bridgehead atoms. The third-order valence-electron chi connectivity index (χ3n) is 4.62. The van der Waals surface area contributed by atoms with Gasteiger partial charge in [0.2, 0.25) is 0 Å². The summed E-state index contributed by atoms with van der Waals surface area (Å²) in [5, 5.41) is 20.3. The molecule has 1 aliphatic rings. The van der Waals surface area contributed by atoms with Gasteiger partial charge in [-0.2, -0.15) is 4.98 Å². The van der Waals surface area contributed by atoms with Gasteiger partial charge in [-0.3, -0.25) is 13.6 Å². The zero-order valence-electron chi connectivity index (χ0n) is 16.4. The number of phosphoric acid groups is 1. The minimum atomic E-state index is -4.33. The normalized spacial score (nSPS) is 26.5. The summed E-state index contributed by atoms with van der Waals surface area (Å²) >= 11 is 0. The molecule has 1 aliphatic heterocycles. The van der Waals surface area contributed by atoms with Crippen molar-refractivity contribution >= 4 is 13.6 Å². The highest BCUT2D eigenvalue weighted by atomic mass is 31.2. The standard InChI is InChI=1S/C17H30N3O8P/c1-2-3-4-5-6-7-10-26-29(24,25)27-11-12-14(21)15(22)16(28-12)20-9-8-13(18)19-17(20)23/h8-9,12,14-16,21-22H,2-7,10-11H2,1H3,(H,24,25)(H2,18,19,23)/t12-,14-,15+,16-/m1/s1. The van der Waals surface area contributed by atoms with Gasteiger partial charge in [-0.05, 0) is 12.5 Å². The topological polar surface area (TPSA) is 166 Å². The second-order valence-corrected chi connectivity index (χ2v) is 8.41. The number of nitrogens with zero attached hydrogens (tertiary/aromatic N) is 2. The second kappa shape index (κ2) is 11.2. The number of rotatable bonds is 12. The van der Waals surface area contributed by atoms with Crippen molar-refractivity contribution in [2.45, 2.75) is 70.0 Å². The lowest BCUT2D eigenvalue weighted by molar-refractivity contribution is -0.0551. The molecular weight excluding hydrogens is 405 g/mol. The molecule has 0 saturated carbocycles. The van der Waals surface area contributed by atoms with Gasteiger partial charge in [0, 0.05) is 6.20 Å². The van der Waals surface area contributed by atoms with Gasteiger partial charge >= 0.3 is 13.5 Å². The van der Waals surface area contributed by atoms with Crippen molar-refractivity contribution < 1.29 is 33.5 Å². The number of hydrogen-bond acceptors (Lipinski definition) is 9. The van der Waals surface area contributed by atoms with E-state index in [-0.39, 0.29) is 12.4 Å². The van der Waals surface area contributed by atoms with Crippen LogP contribution in [0.15, 0.2) is 17.1 Å². The first-order valence-corrected chi connectivity index (χ1v) is 11.2. The van der Waals surface area contributed by atoms with Crippen molar-refractivity contribution in [3.63, 3.8) is 0 Å². The molecule has 11 nitrogen and oxygen atoms in total. The fraction of sp³-hybridized carbons (Fsp3) is 0.765. The van der Waals surface area contributed by atoms with Gasteiger partial charge < -0.3 is 25.6 Å². The Morgan fingerprint density at radius 3 is 2.59 bits per heavy atom. The summed E-state index contributed by atoms with van der Waals surface area (Å²) in [6.45, 7) is 1.70. The van der Waals surface area contributed by atoms with Crippen LogP contribution >= 0.6 is 7.82 Å². The van der Waals surface area contributed by atoms with Crippen molar-refractivity contribution in [2.24, 2.45) is 0 Å². The SMILES string of the molecule is CCCCCCCCOP(=O)(O)OC[C@H]1O[C@@H](n2ccc(N)nc2=O)[C@@H](O)[C@@H]1O. The number of aliphatic hydroxyl groups excluding tert-OH is 2. The molecule has 1 aromatic heterocycles. The van der Waals surface area contributed by atoms with Crippen LogP contribution in [0.1, 0.15) is 51.7 Å². The Bertz CT molecular complexity index is 746. The highest BCUT2D eigenvalue weighted by Crippen LogP contribution is 2.44. The van der Waals surface area contributed by atoms with Gasteiger partial charge in [0.05, 0.1) is 13.2 Å². The van der Waals surface area contributed by atoms with Crippen molar-refractivity contribution in [1.82, 2.24) is 9.55 Å². The van der Waals surface area contributed by atoms with Crippen molar-refractivity contribution in [1.29, 1.82) is 0 Å². The maximum absolute atomic E-state index is 12.0. The first kappa shape index (κ1) is 23.9. The van der Waals surface area contributed by atoms with Crippen LogP contribution in [-0.4, -0.2) is 56.2 Å². The van der Waals surface area contributed by atoms with E-state index in [1.54, 1.807) is 0 Å². The average Bonchev–Trinajstić information content (AvgIpc) is 2.94. The Kier molecular flexibility index (Phi) is 9.22. The molecule has 0 amide bonds. The Morgan fingerprint density at radius 2 is 1.90 bits per heavy atom. The number of nitrogens with two attached hydrogens (primary N) is 1. The minimum absolute atomic E-state index is 0.00269. The molecule has 2 heterocycles. The number of anilines is 1. The summed E-state index contributed by atoms with van der Waals surface area (Å²) in [4.78, 5) is 25.2. The second-order valence-electron chi connectivity index (χ2n) is 6.95. The third kappa shape index (κ3) is 7.14. The van der Waals surface area contributed by atoms with E-state index in [0.717, 1.165) is 36.7 Å². The number of unbranched alkanes of at least 4 members (excludes halogenated alkanes) is 5. The van der Waals surface area contributed by atoms with Crippen molar-refractivity contribution in [3.05, 3.63) is 22.7 Å². The van der Waals surface area contributed by atoms with E-state index in [9.17, 15) is 24.5 Å². The van der Waals surface area contributed by atoms with Gasteiger partial charge in [-0.15, -0.1) is 0 Å². The Balaban J connectivity index is 1.80. The Labute approximate surface area is 169 Å². The molecule has 5 atom stereocenters. The zero-order chi connectivity index (χ0) is 21.4. The van der Waals surface area contributed by atoms with Crippen LogP contribution in [0.3, 0.4) is 0 Å². The number of nitrogen functional groups attached to an aromatic ring is 1. The lowest BCUT2D eigenvalue weighted by Gasteiger charge is -2.17. The predicted octanol–water partition coefficient (Wildman–Crippen LogP) is 0.939. The van der Waals surface area contributed by atoms with Crippen LogP contribution in [0.25, 0.3) is 0 Å². The molecule has 166 valence electrons. The fourth-order valence-electron chi connectivity index (χ4n) is 2.98. The van der Waals surface area contributed by atoms with Crippen molar-refractivity contribution in [3.8, 4) is 0 Å². The first-order valence-electron chi connectivity index (χ1n) is 9.73. The summed E-state index contributed by atoms with van der Waals surface area (Å²) in [7, 11) is -4.33. The van der Waals surface area contributed by atoms with Gasteiger partial charge in [-0.1, -0.05) is 39.0 Å². The maximum atomic E-state index is 12.0. The van der Waals surface area contributed by atoms with Gasteiger partial charge in [0.1, 0.15) is 24.1 Å². The van der Waals surface area contributed by atoms with Gasteiger partial charge in [0.15, 0.2) is 6.23 Å². The zero-order valence-corrected chi connectivity index (χ0v) is 17.3. The quantitative estimate of drug-likeness (QED) is 0.274. The minimum Gasteiger partial charge on any atom is -0.387 e. The molecule has 1 fully saturated rings. The highest BCUT2D eigenvalue weighted by Gasteiger charge is 2.45. The van der Waals surface area contributed by atoms with Crippen LogP contribution < -0.4 is 11.4 Å². The molecule has 0 radical (unpaired) electrons. The number of hydrogen-bond donors (Lipinski definition) is 4. The maximum Gasteiger partial charge on any atom is 0.472 e. The number of aromatic nitrogens is 2. The molecule has 29 heavy (non-hydrogen) atoms. The van der Waals surface area contributed by atoms with Gasteiger partial charge in [0.25, 0.3) is 0 Å². The summed E-state index contributed by atoms with van der Waals surface area (Å²) in [5.74, 6) is 0.00269. The van der Waals surface area contributed by atoms with Gasteiger partial charge in [-0.25, -0.2) is 9.36 Å². The lowest BCUT2D eigenvalue weighted by atomic mass is 10.1. The predicted molar refractivity (Wildman–Crippen MR) is 104 cm³/mol. The highest BCUT2D eigenvalue weighted by molar-refractivity contribution is 7.47. The molecule has 0 spiro atoms. The van der Waals surface area contributed by atoms with Crippen LogP contribution in [0.4, 0.5) is 5.82 Å². The molecule has 12 heteroatoms. The van der Waals surface area contributed by atoms with E-state index in [1.165, 1.54) is 12.3 Å². The number of phosphoric ester groups is 1. The third-order valence-corrected chi connectivity index (χ3v) is 5.60. The van der Waals surface area contributed by atoms with Crippen molar-refractivity contribution in [2.75, 3.05) is 18.9 Å². The number of ether oxygens (including phenoxy) is 1. The lowest BCUT2D eigenvalue weighted by Crippen LogP contribution is -2.36. The first-order chi connectivity index (χ1) is 13.7. The monoisotopic (exact) mass is 435 g/mol. The molecule has 1 saturated heterocycles. The summed E-state index contributed by atoms with van der Waals surface area (Å²) < 4.78 is 28.2. The number of aliphatic hydroxyl groups is 2. The molecule has 2 rings (SSSR count). The Morgan fingerprint density at radius 1 is 1.21 bits per heavy atom. The van der Waals surface area contributed by atoms with E-state index < -0.39 is 44.7 Å². The molecule has 1 unspecified atom stereocenters. The molecule has 0 aromatic carbocycles. The molecule has 1 aromatic rings. The van der Waals surface area contributed by atoms with Crippen LogP contribution in [-0.2, 0) is 18.3 Å². The summed E-state index contributed by atoms with van der Waals surface area (Å²) in [5.41, 5.74) is 4.66. The fourth-order valence-corrected chi connectivity index (χ4v) is 3.75.